The van der Waals surface area contributed by atoms with Gasteiger partial charge in [0.05, 0.1) is 23.4 Å². The van der Waals surface area contributed by atoms with E-state index in [4.69, 9.17) is 10.8 Å². The predicted octanol–water partition coefficient (Wildman–Crippen LogP) is 0.569. The molecule has 0 saturated carbocycles. The summed E-state index contributed by atoms with van der Waals surface area (Å²) in [4.78, 5) is 27.1. The maximum Gasteiger partial charge on any atom is 0.573 e. The number of hydrogen-bond donors (Lipinski definition) is 4. The fourth-order valence-corrected chi connectivity index (χ4v) is 2.61. The Bertz CT molecular complexity index is 780. The second-order valence-electron chi connectivity index (χ2n) is 4.75. The number of nitrogens with two attached hydrogens (primary N) is 1. The number of carbonyl (C=O) groups excluding carboxylic acids is 2. The van der Waals surface area contributed by atoms with Crippen LogP contribution in [0.15, 0.2) is 18.2 Å². The van der Waals surface area contributed by atoms with Crippen LogP contribution in [0, 0.1) is 0 Å². The molecule has 0 spiro atoms. The number of thiazole rings is 1. The van der Waals surface area contributed by atoms with Crippen LogP contribution in [0.25, 0.3) is 10.2 Å². The molecular formula is C13H13F3N4O4S. The van der Waals surface area contributed by atoms with Crippen molar-refractivity contribution < 1.29 is 32.6 Å². The zero-order valence-corrected chi connectivity index (χ0v) is 13.3. The molecule has 1 aromatic carbocycles. The van der Waals surface area contributed by atoms with Crippen LogP contribution in [-0.4, -0.2) is 47.5 Å². The van der Waals surface area contributed by atoms with Crippen molar-refractivity contribution in [2.24, 2.45) is 5.73 Å². The first kappa shape index (κ1) is 18.9. The molecule has 1 atom stereocenters. The summed E-state index contributed by atoms with van der Waals surface area (Å²) in [6.45, 7) is -0.960. The average Bonchev–Trinajstić information content (AvgIpc) is 2.91. The quantitative estimate of drug-likeness (QED) is 0.582. The van der Waals surface area contributed by atoms with Crippen LogP contribution < -0.4 is 21.1 Å². The van der Waals surface area contributed by atoms with Gasteiger partial charge in [0.1, 0.15) is 11.8 Å². The lowest BCUT2D eigenvalue weighted by Gasteiger charge is -2.08. The number of ether oxygens (including phenoxy) is 1. The Morgan fingerprint density at radius 3 is 2.76 bits per heavy atom. The van der Waals surface area contributed by atoms with E-state index in [-0.39, 0.29) is 5.13 Å². The van der Waals surface area contributed by atoms with Gasteiger partial charge < -0.3 is 26.2 Å². The molecule has 1 heterocycles. The minimum absolute atomic E-state index is 0.143. The third-order valence-corrected chi connectivity index (χ3v) is 3.73. The van der Waals surface area contributed by atoms with E-state index in [1.54, 1.807) is 0 Å². The van der Waals surface area contributed by atoms with Crippen LogP contribution in [0.1, 0.15) is 0 Å². The Labute approximate surface area is 142 Å². The molecule has 5 N–H and O–H groups in total. The van der Waals surface area contributed by atoms with Crippen molar-refractivity contribution in [1.82, 2.24) is 10.3 Å². The van der Waals surface area contributed by atoms with Gasteiger partial charge in [-0.2, -0.15) is 0 Å². The molecule has 0 aliphatic rings. The summed E-state index contributed by atoms with van der Waals surface area (Å²) in [6, 6.07) is 2.45. The second-order valence-corrected chi connectivity index (χ2v) is 5.78. The molecule has 0 aliphatic heterocycles. The fourth-order valence-electron chi connectivity index (χ4n) is 1.70. The number of carbonyl (C=O) groups is 2. The number of alkyl halides is 3. The molecule has 0 bridgehead atoms. The van der Waals surface area contributed by atoms with Gasteiger partial charge in [-0.25, -0.2) is 4.98 Å². The number of halogens is 3. The van der Waals surface area contributed by atoms with Crippen LogP contribution in [0.2, 0.25) is 0 Å². The normalized spacial score (nSPS) is 12.7. The zero-order chi connectivity index (χ0) is 18.6. The van der Waals surface area contributed by atoms with Crippen molar-refractivity contribution in [2.45, 2.75) is 12.4 Å². The molecule has 2 aromatic rings. The first-order valence-corrected chi connectivity index (χ1v) is 7.60. The standard InChI is InChI=1S/C13H13F3N4O4S/c14-13(15,16)24-6-1-2-8-9(3-6)25-12(19-8)20-10(22)4-18-11(23)7(17)5-21/h1-3,7,21H,4-5,17H2,(H,18,23)(H,19,20,22). The van der Waals surface area contributed by atoms with Crippen molar-refractivity contribution in [2.75, 3.05) is 18.5 Å². The average molecular weight is 378 g/mol. The SMILES string of the molecule is NC(CO)C(=O)NCC(=O)Nc1nc2ccc(OC(F)(F)F)cc2s1. The molecule has 2 amide bonds. The second kappa shape index (κ2) is 7.63. The fraction of sp³-hybridized carbons (Fsp3) is 0.308. The summed E-state index contributed by atoms with van der Waals surface area (Å²) in [5.41, 5.74) is 5.64. The molecule has 8 nitrogen and oxygen atoms in total. The molecule has 136 valence electrons. The highest BCUT2D eigenvalue weighted by Gasteiger charge is 2.31. The number of nitrogens with zero attached hydrogens (tertiary/aromatic N) is 1. The third-order valence-electron chi connectivity index (χ3n) is 2.80. The Morgan fingerprint density at radius 1 is 1.40 bits per heavy atom. The third kappa shape index (κ3) is 5.55. The largest absolute Gasteiger partial charge is 0.573 e. The van der Waals surface area contributed by atoms with Crippen molar-refractivity contribution in [1.29, 1.82) is 0 Å². The summed E-state index contributed by atoms with van der Waals surface area (Å²) in [5.74, 6) is -1.70. The highest BCUT2D eigenvalue weighted by Crippen LogP contribution is 2.31. The van der Waals surface area contributed by atoms with E-state index in [2.05, 4.69) is 20.4 Å². The van der Waals surface area contributed by atoms with Crippen LogP contribution in [0.4, 0.5) is 18.3 Å². The highest BCUT2D eigenvalue weighted by atomic mass is 32.1. The maximum atomic E-state index is 12.2. The minimum atomic E-state index is -4.80. The van der Waals surface area contributed by atoms with Gasteiger partial charge in [-0.05, 0) is 12.1 Å². The van der Waals surface area contributed by atoms with Gasteiger partial charge in [-0.1, -0.05) is 11.3 Å². The number of benzene rings is 1. The lowest BCUT2D eigenvalue weighted by atomic mass is 10.3. The zero-order valence-electron chi connectivity index (χ0n) is 12.5. The molecular weight excluding hydrogens is 365 g/mol. The van der Waals surface area contributed by atoms with Crippen LogP contribution >= 0.6 is 11.3 Å². The van der Waals surface area contributed by atoms with E-state index in [0.29, 0.717) is 10.2 Å². The number of rotatable bonds is 6. The summed E-state index contributed by atoms with van der Waals surface area (Å²) in [6.07, 6.45) is -4.80. The first-order valence-electron chi connectivity index (χ1n) is 6.78. The van der Waals surface area contributed by atoms with Crippen molar-refractivity contribution in [3.8, 4) is 5.75 Å². The summed E-state index contributed by atoms with van der Waals surface area (Å²) in [7, 11) is 0. The van der Waals surface area contributed by atoms with Gasteiger partial charge >= 0.3 is 6.36 Å². The molecule has 0 radical (unpaired) electrons. The number of hydrogen-bond acceptors (Lipinski definition) is 7. The van der Waals surface area contributed by atoms with Crippen LogP contribution in [0.3, 0.4) is 0 Å². The van der Waals surface area contributed by atoms with E-state index in [1.807, 2.05) is 0 Å². The molecule has 1 unspecified atom stereocenters. The van der Waals surface area contributed by atoms with Crippen LogP contribution in [0.5, 0.6) is 5.75 Å². The van der Waals surface area contributed by atoms with E-state index < -0.39 is 43.1 Å². The number of aromatic nitrogens is 1. The molecule has 25 heavy (non-hydrogen) atoms. The van der Waals surface area contributed by atoms with Crippen molar-refractivity contribution >= 4 is 38.5 Å². The predicted molar refractivity (Wildman–Crippen MR) is 83.0 cm³/mol. The Balaban J connectivity index is 1.99. The maximum absolute atomic E-state index is 12.2. The molecule has 0 aliphatic carbocycles. The minimum Gasteiger partial charge on any atom is -0.406 e. The van der Waals surface area contributed by atoms with Crippen LogP contribution in [-0.2, 0) is 9.59 Å². The number of aliphatic hydroxyl groups excluding tert-OH is 1. The number of amides is 2. The number of nitrogens with one attached hydrogen (secondary N) is 2. The number of anilines is 1. The lowest BCUT2D eigenvalue weighted by molar-refractivity contribution is -0.274. The Kier molecular flexibility index (Phi) is 5.77. The molecule has 12 heteroatoms. The molecule has 1 aromatic heterocycles. The summed E-state index contributed by atoms with van der Waals surface area (Å²) >= 11 is 0.943. The van der Waals surface area contributed by atoms with Crippen molar-refractivity contribution in [3.05, 3.63) is 18.2 Å². The van der Waals surface area contributed by atoms with E-state index >= 15 is 0 Å². The van der Waals surface area contributed by atoms with Gasteiger partial charge in [0.15, 0.2) is 5.13 Å². The lowest BCUT2D eigenvalue weighted by Crippen LogP contribution is -2.45. The Hall–Kier alpha value is -2.44. The van der Waals surface area contributed by atoms with Crippen molar-refractivity contribution in [3.63, 3.8) is 0 Å². The monoisotopic (exact) mass is 378 g/mol. The summed E-state index contributed by atoms with van der Waals surface area (Å²) < 4.78 is 40.8. The van der Waals surface area contributed by atoms with E-state index in [0.717, 1.165) is 23.5 Å². The van der Waals surface area contributed by atoms with Gasteiger partial charge in [-0.3, -0.25) is 9.59 Å². The molecule has 0 saturated heterocycles. The van der Waals surface area contributed by atoms with Gasteiger partial charge in [0.2, 0.25) is 11.8 Å². The van der Waals surface area contributed by atoms with Gasteiger partial charge in [0.25, 0.3) is 0 Å². The van der Waals surface area contributed by atoms with E-state index in [1.165, 1.54) is 6.07 Å². The number of fused-ring (bicyclic) bond motifs is 1. The highest BCUT2D eigenvalue weighted by molar-refractivity contribution is 7.22. The smallest absolute Gasteiger partial charge is 0.406 e. The molecule has 2 rings (SSSR count). The van der Waals surface area contributed by atoms with Gasteiger partial charge in [-0.15, -0.1) is 13.2 Å². The topological polar surface area (TPSA) is 127 Å². The first-order chi connectivity index (χ1) is 11.7. The Morgan fingerprint density at radius 2 is 2.12 bits per heavy atom. The van der Waals surface area contributed by atoms with Gasteiger partial charge in [0, 0.05) is 6.07 Å². The summed E-state index contributed by atoms with van der Waals surface area (Å²) in [5, 5.41) is 13.5. The molecule has 0 fully saturated rings. The van der Waals surface area contributed by atoms with E-state index in [9.17, 15) is 22.8 Å². The number of aliphatic hydroxyl groups is 1.